The number of carbonyl (C=O) groups is 2. The highest BCUT2D eigenvalue weighted by atomic mass is 35.5. The summed E-state index contributed by atoms with van der Waals surface area (Å²) in [6.45, 7) is 1.53. The van der Waals surface area contributed by atoms with Gasteiger partial charge in [-0.2, -0.15) is 0 Å². The lowest BCUT2D eigenvalue weighted by molar-refractivity contribution is -0.150. The highest BCUT2D eigenvalue weighted by Crippen LogP contribution is 2.27. The van der Waals surface area contributed by atoms with Crippen LogP contribution in [0.3, 0.4) is 0 Å². The van der Waals surface area contributed by atoms with Crippen LogP contribution in [0.15, 0.2) is 41.4 Å². The van der Waals surface area contributed by atoms with E-state index in [1.165, 1.54) is 42.4 Å². The molecule has 1 amide bonds. The van der Waals surface area contributed by atoms with Gasteiger partial charge < -0.3 is 10.1 Å². The Balaban J connectivity index is 1.46. The molecule has 1 aliphatic carbocycles. The summed E-state index contributed by atoms with van der Waals surface area (Å²) in [7, 11) is 0. The van der Waals surface area contributed by atoms with Gasteiger partial charge in [0, 0.05) is 11.1 Å². The van der Waals surface area contributed by atoms with Crippen LogP contribution < -0.4 is 5.32 Å². The topological polar surface area (TPSA) is 68.3 Å². The third-order valence-corrected chi connectivity index (χ3v) is 5.27. The minimum absolute atomic E-state index is 0.162. The van der Waals surface area contributed by atoms with Crippen LogP contribution >= 0.6 is 23.4 Å². The van der Waals surface area contributed by atoms with Crippen LogP contribution in [-0.2, 0) is 27.2 Å². The molecule has 0 bridgehead atoms. The summed E-state index contributed by atoms with van der Waals surface area (Å²) in [6.07, 6.45) is 3.96. The standard InChI is InChI=1S/C19H19ClN2O3S/c1-12(19(24)22-17-8-6-15(20)10-21-17)25-18(23)11-26-16-7-5-13-3-2-4-14(13)9-16/h5-10,12H,2-4,11H2,1H3,(H,21,22,24)/t12-/m1/s1. The average molecular weight is 391 g/mol. The number of fused-ring (bicyclic) bond motifs is 1. The van der Waals surface area contributed by atoms with Crippen molar-refractivity contribution in [2.45, 2.75) is 37.2 Å². The second-order valence-corrected chi connectivity index (χ2v) is 7.54. The molecule has 0 unspecified atom stereocenters. The van der Waals surface area contributed by atoms with Crippen molar-refractivity contribution in [2.75, 3.05) is 11.1 Å². The summed E-state index contributed by atoms with van der Waals surface area (Å²) < 4.78 is 5.20. The summed E-state index contributed by atoms with van der Waals surface area (Å²) in [4.78, 5) is 29.1. The molecule has 1 heterocycles. The molecule has 1 aromatic carbocycles. The molecule has 1 N–H and O–H groups in total. The lowest BCUT2D eigenvalue weighted by Crippen LogP contribution is -2.30. The van der Waals surface area contributed by atoms with Gasteiger partial charge in [-0.05, 0) is 61.6 Å². The summed E-state index contributed by atoms with van der Waals surface area (Å²) >= 11 is 7.17. The molecule has 1 atom stereocenters. The van der Waals surface area contributed by atoms with Crippen molar-refractivity contribution in [2.24, 2.45) is 0 Å². The number of esters is 1. The van der Waals surface area contributed by atoms with Crippen molar-refractivity contribution in [3.63, 3.8) is 0 Å². The molecule has 0 spiro atoms. The van der Waals surface area contributed by atoms with Crippen LogP contribution in [0.5, 0.6) is 0 Å². The Kier molecular flexibility index (Phi) is 6.16. The number of hydrogen-bond donors (Lipinski definition) is 1. The largest absolute Gasteiger partial charge is 0.452 e. The van der Waals surface area contributed by atoms with Crippen molar-refractivity contribution in [3.05, 3.63) is 52.7 Å². The fourth-order valence-electron chi connectivity index (χ4n) is 2.74. The Morgan fingerprint density at radius 2 is 2.08 bits per heavy atom. The molecule has 1 aliphatic rings. The monoisotopic (exact) mass is 390 g/mol. The minimum Gasteiger partial charge on any atom is -0.452 e. The predicted octanol–water partition coefficient (Wildman–Crippen LogP) is 3.89. The Morgan fingerprint density at radius 1 is 1.27 bits per heavy atom. The highest BCUT2D eigenvalue weighted by molar-refractivity contribution is 8.00. The van der Waals surface area contributed by atoms with E-state index < -0.39 is 18.0 Å². The van der Waals surface area contributed by atoms with E-state index in [9.17, 15) is 9.59 Å². The second-order valence-electron chi connectivity index (χ2n) is 6.06. The first kappa shape index (κ1) is 18.7. The normalized spacial score (nSPS) is 13.8. The molecular formula is C19H19ClN2O3S. The molecule has 0 fully saturated rings. The Labute approximate surface area is 161 Å². The van der Waals surface area contributed by atoms with Gasteiger partial charge in [-0.1, -0.05) is 17.7 Å². The number of aromatic nitrogens is 1. The van der Waals surface area contributed by atoms with E-state index in [4.69, 9.17) is 16.3 Å². The molecule has 7 heteroatoms. The molecule has 5 nitrogen and oxygen atoms in total. The quantitative estimate of drug-likeness (QED) is 0.598. The zero-order valence-corrected chi connectivity index (χ0v) is 15.9. The summed E-state index contributed by atoms with van der Waals surface area (Å²) in [5, 5.41) is 3.06. The first-order valence-corrected chi connectivity index (χ1v) is 9.74. The Bertz CT molecular complexity index is 811. The molecule has 136 valence electrons. The van der Waals surface area contributed by atoms with Crippen LogP contribution in [0, 0.1) is 0 Å². The smallest absolute Gasteiger partial charge is 0.317 e. The van der Waals surface area contributed by atoms with Gasteiger partial charge in [0.25, 0.3) is 5.91 Å². The van der Waals surface area contributed by atoms with E-state index in [1.807, 2.05) is 6.07 Å². The maximum absolute atomic E-state index is 12.1. The first-order valence-electron chi connectivity index (χ1n) is 8.38. The van der Waals surface area contributed by atoms with Gasteiger partial charge >= 0.3 is 5.97 Å². The number of benzene rings is 1. The first-order chi connectivity index (χ1) is 12.5. The third kappa shape index (κ3) is 4.99. The zero-order chi connectivity index (χ0) is 18.5. The molecule has 26 heavy (non-hydrogen) atoms. The number of halogens is 1. The van der Waals surface area contributed by atoms with Gasteiger partial charge in [0.2, 0.25) is 0 Å². The zero-order valence-electron chi connectivity index (χ0n) is 14.3. The number of aryl methyl sites for hydroxylation is 2. The van der Waals surface area contributed by atoms with Crippen LogP contribution in [0.4, 0.5) is 5.82 Å². The van der Waals surface area contributed by atoms with E-state index in [0.29, 0.717) is 10.8 Å². The van der Waals surface area contributed by atoms with Gasteiger partial charge in [0.1, 0.15) is 5.82 Å². The number of nitrogens with zero attached hydrogens (tertiary/aromatic N) is 1. The highest BCUT2D eigenvalue weighted by Gasteiger charge is 2.19. The Morgan fingerprint density at radius 3 is 2.85 bits per heavy atom. The van der Waals surface area contributed by atoms with E-state index in [1.54, 1.807) is 12.1 Å². The number of amides is 1. The van der Waals surface area contributed by atoms with E-state index in [2.05, 4.69) is 22.4 Å². The van der Waals surface area contributed by atoms with E-state index in [0.717, 1.165) is 17.7 Å². The lowest BCUT2D eigenvalue weighted by atomic mass is 10.1. The van der Waals surface area contributed by atoms with Crippen LogP contribution in [0.25, 0.3) is 0 Å². The fraction of sp³-hybridized carbons (Fsp3) is 0.316. The van der Waals surface area contributed by atoms with Crippen LogP contribution in [0.1, 0.15) is 24.5 Å². The number of pyridine rings is 1. The van der Waals surface area contributed by atoms with E-state index >= 15 is 0 Å². The number of ether oxygens (including phenoxy) is 1. The molecule has 1 aromatic heterocycles. The van der Waals surface area contributed by atoms with Gasteiger partial charge in [0.05, 0.1) is 10.8 Å². The SMILES string of the molecule is C[C@@H](OC(=O)CSc1ccc2c(c1)CCC2)C(=O)Nc1ccc(Cl)cn1. The molecule has 2 aromatic rings. The van der Waals surface area contributed by atoms with Crippen molar-refractivity contribution < 1.29 is 14.3 Å². The van der Waals surface area contributed by atoms with Crippen molar-refractivity contribution in [1.82, 2.24) is 4.98 Å². The number of hydrogen-bond acceptors (Lipinski definition) is 5. The molecule has 0 aliphatic heterocycles. The van der Waals surface area contributed by atoms with Crippen LogP contribution in [-0.4, -0.2) is 28.7 Å². The number of nitrogens with one attached hydrogen (secondary N) is 1. The molecule has 0 saturated carbocycles. The van der Waals surface area contributed by atoms with Crippen molar-refractivity contribution >= 4 is 41.1 Å². The predicted molar refractivity (Wildman–Crippen MR) is 103 cm³/mol. The maximum atomic E-state index is 12.1. The Hall–Kier alpha value is -2.05. The molecule has 0 radical (unpaired) electrons. The fourth-order valence-corrected chi connectivity index (χ4v) is 3.60. The summed E-state index contributed by atoms with van der Waals surface area (Å²) in [5.41, 5.74) is 2.77. The van der Waals surface area contributed by atoms with E-state index in [-0.39, 0.29) is 5.75 Å². The number of rotatable bonds is 6. The van der Waals surface area contributed by atoms with Gasteiger partial charge in [-0.25, -0.2) is 4.98 Å². The number of carbonyl (C=O) groups excluding carboxylic acids is 2. The summed E-state index contributed by atoms with van der Waals surface area (Å²) in [5.74, 6) is -0.344. The number of anilines is 1. The number of thioether (sulfide) groups is 1. The van der Waals surface area contributed by atoms with Crippen molar-refractivity contribution in [3.8, 4) is 0 Å². The third-order valence-electron chi connectivity index (χ3n) is 4.08. The maximum Gasteiger partial charge on any atom is 0.317 e. The minimum atomic E-state index is -0.902. The van der Waals surface area contributed by atoms with Gasteiger partial charge in [0.15, 0.2) is 6.10 Å². The summed E-state index contributed by atoms with van der Waals surface area (Å²) in [6, 6.07) is 9.50. The second kappa shape index (κ2) is 8.56. The van der Waals surface area contributed by atoms with Gasteiger partial charge in [-0.15, -0.1) is 11.8 Å². The van der Waals surface area contributed by atoms with Crippen molar-refractivity contribution in [1.29, 1.82) is 0 Å². The lowest BCUT2D eigenvalue weighted by Gasteiger charge is -2.13. The average Bonchev–Trinajstić information content (AvgIpc) is 3.09. The molecule has 3 rings (SSSR count). The molecule has 0 saturated heterocycles. The van der Waals surface area contributed by atoms with Gasteiger partial charge in [-0.3, -0.25) is 9.59 Å². The molecular weight excluding hydrogens is 372 g/mol. The van der Waals surface area contributed by atoms with Crippen LogP contribution in [0.2, 0.25) is 5.02 Å².